The number of aryl methyl sites for hydroxylation is 1. The molecule has 1 saturated heterocycles. The Morgan fingerprint density at radius 1 is 0.824 bits per heavy atom. The van der Waals surface area contributed by atoms with Gasteiger partial charge in [0, 0.05) is 6.21 Å². The van der Waals surface area contributed by atoms with Crippen LogP contribution in [-0.2, 0) is 9.59 Å². The van der Waals surface area contributed by atoms with Gasteiger partial charge in [-0.2, -0.15) is 10.2 Å². The van der Waals surface area contributed by atoms with Crippen LogP contribution in [0.3, 0.4) is 0 Å². The Bertz CT molecular complexity index is 1270. The van der Waals surface area contributed by atoms with E-state index in [0.717, 1.165) is 16.2 Å². The van der Waals surface area contributed by atoms with Crippen LogP contribution in [0.25, 0.3) is 0 Å². The summed E-state index contributed by atoms with van der Waals surface area (Å²) in [6.07, 6.45) is 1.23. The summed E-state index contributed by atoms with van der Waals surface area (Å²) in [7, 11) is 1.51. The molecule has 1 aliphatic rings. The van der Waals surface area contributed by atoms with E-state index in [0.29, 0.717) is 22.8 Å². The zero-order chi connectivity index (χ0) is 24.1. The molecule has 0 aromatic heterocycles. The van der Waals surface area contributed by atoms with E-state index in [-0.39, 0.29) is 0 Å². The van der Waals surface area contributed by atoms with E-state index in [4.69, 9.17) is 4.74 Å². The summed E-state index contributed by atoms with van der Waals surface area (Å²) in [5.74, 6) is -2.09. The van der Waals surface area contributed by atoms with Gasteiger partial charge in [-0.3, -0.25) is 19.9 Å². The van der Waals surface area contributed by atoms with Gasteiger partial charge in [0.25, 0.3) is 5.91 Å². The summed E-state index contributed by atoms with van der Waals surface area (Å²) in [4.78, 5) is 42.6. The van der Waals surface area contributed by atoms with Crippen LogP contribution < -0.4 is 15.0 Å². The Kier molecular flexibility index (Phi) is 6.54. The number of urea groups is 1. The largest absolute Gasteiger partial charge is 0.497 e. The first-order valence-corrected chi connectivity index (χ1v) is 10.4. The summed E-state index contributed by atoms with van der Waals surface area (Å²) in [6.45, 7) is 2.00. The second-order valence-electron chi connectivity index (χ2n) is 7.47. The fourth-order valence-corrected chi connectivity index (χ4v) is 3.19. The number of imide groups is 2. The number of methoxy groups -OCH3 is 1. The number of anilines is 1. The summed E-state index contributed by atoms with van der Waals surface area (Å²) in [5.41, 5.74) is 3.34. The molecule has 34 heavy (non-hydrogen) atoms. The highest BCUT2D eigenvalue weighted by Gasteiger charge is 2.40. The molecule has 0 unspecified atom stereocenters. The quantitative estimate of drug-likeness (QED) is 0.319. The molecule has 0 spiro atoms. The minimum atomic E-state index is -1.25. The number of benzene rings is 3. The number of barbiturate groups is 1. The third-order valence-electron chi connectivity index (χ3n) is 5.07. The second-order valence-corrected chi connectivity index (χ2v) is 7.47. The van der Waals surface area contributed by atoms with Crippen molar-refractivity contribution in [2.24, 2.45) is 21.1 Å². The molecule has 1 N–H and O–H groups in total. The van der Waals surface area contributed by atoms with Crippen LogP contribution in [0.2, 0.25) is 0 Å². The third-order valence-corrected chi connectivity index (χ3v) is 5.07. The maximum Gasteiger partial charge on any atom is 0.335 e. The van der Waals surface area contributed by atoms with Crippen molar-refractivity contribution in [2.75, 3.05) is 12.0 Å². The Morgan fingerprint density at radius 2 is 1.38 bits per heavy atom. The Hall–Kier alpha value is -4.66. The lowest BCUT2D eigenvalue weighted by Crippen LogP contribution is -2.58. The van der Waals surface area contributed by atoms with Crippen LogP contribution in [-0.4, -0.2) is 31.2 Å². The highest BCUT2D eigenvalue weighted by molar-refractivity contribution is 6.32. The van der Waals surface area contributed by atoms with Crippen molar-refractivity contribution < 1.29 is 19.1 Å². The zero-order valence-electron chi connectivity index (χ0n) is 18.5. The van der Waals surface area contributed by atoms with Crippen LogP contribution in [0, 0.1) is 12.8 Å². The molecule has 0 radical (unpaired) electrons. The number of carbonyl (C=O) groups excluding carboxylic acids is 3. The number of amides is 4. The lowest BCUT2D eigenvalue weighted by molar-refractivity contribution is -0.131. The van der Waals surface area contributed by atoms with E-state index in [2.05, 4.69) is 20.5 Å². The molecule has 0 saturated carbocycles. The van der Waals surface area contributed by atoms with E-state index >= 15 is 0 Å². The average molecular weight is 455 g/mol. The van der Waals surface area contributed by atoms with Crippen molar-refractivity contribution >= 4 is 46.8 Å². The number of hydrogen-bond acceptors (Lipinski definition) is 7. The first-order valence-electron chi connectivity index (χ1n) is 10.4. The molecular formula is C25H21N5O4. The highest BCUT2D eigenvalue weighted by Crippen LogP contribution is 2.25. The average Bonchev–Trinajstić information content (AvgIpc) is 2.84. The molecule has 9 nitrogen and oxygen atoms in total. The minimum absolute atomic E-state index is 0.317. The number of hydrogen-bond donors (Lipinski definition) is 1. The lowest BCUT2D eigenvalue weighted by atomic mass is 10.1. The van der Waals surface area contributed by atoms with E-state index in [1.807, 2.05) is 31.2 Å². The van der Waals surface area contributed by atoms with E-state index in [1.54, 1.807) is 48.5 Å². The van der Waals surface area contributed by atoms with Gasteiger partial charge in [0.1, 0.15) is 5.75 Å². The number of ether oxygens (including phenoxy) is 1. The number of nitrogens with one attached hydrogen (secondary N) is 1. The number of nitrogens with zero attached hydrogens (tertiary/aromatic N) is 4. The van der Waals surface area contributed by atoms with Gasteiger partial charge in [0.05, 0.1) is 29.9 Å². The maximum absolute atomic E-state index is 12.9. The van der Waals surface area contributed by atoms with Crippen LogP contribution in [0.1, 0.15) is 5.56 Å². The molecular weight excluding hydrogens is 434 g/mol. The standard InChI is InChI=1S/C25H21N5O4/c1-16-3-5-18(6-4-16)28-29-19-9-7-17(8-10-19)26-15-22-23(31)27-25(33)30(24(22)32)20-11-13-21(34-2)14-12-20/h3-15,22H,1-2H3,(H,27,31,33)/t22-/m0/s1. The summed E-state index contributed by atoms with van der Waals surface area (Å²) >= 11 is 0. The van der Waals surface area contributed by atoms with Crippen molar-refractivity contribution in [2.45, 2.75) is 6.92 Å². The maximum atomic E-state index is 12.9. The monoisotopic (exact) mass is 455 g/mol. The molecule has 3 aromatic carbocycles. The molecule has 1 fully saturated rings. The Balaban J connectivity index is 1.47. The van der Waals surface area contributed by atoms with Crippen molar-refractivity contribution in [1.29, 1.82) is 0 Å². The van der Waals surface area contributed by atoms with Crippen LogP contribution in [0.15, 0.2) is 88.0 Å². The summed E-state index contributed by atoms with van der Waals surface area (Å²) in [6, 6.07) is 20.0. The van der Waals surface area contributed by atoms with E-state index in [1.165, 1.54) is 13.3 Å². The predicted molar refractivity (Wildman–Crippen MR) is 127 cm³/mol. The van der Waals surface area contributed by atoms with Crippen LogP contribution in [0.5, 0.6) is 5.75 Å². The fraction of sp³-hybridized carbons (Fsp3) is 0.120. The van der Waals surface area contributed by atoms with Gasteiger partial charge >= 0.3 is 6.03 Å². The molecule has 1 atom stereocenters. The SMILES string of the molecule is COc1ccc(N2C(=O)NC(=O)[C@H](C=Nc3ccc(N=Nc4ccc(C)cc4)cc3)C2=O)cc1. The molecule has 0 aliphatic carbocycles. The van der Waals surface area contributed by atoms with Crippen molar-refractivity contribution in [1.82, 2.24) is 5.32 Å². The topological polar surface area (TPSA) is 113 Å². The van der Waals surface area contributed by atoms with Crippen molar-refractivity contribution in [3.8, 4) is 5.75 Å². The zero-order valence-corrected chi connectivity index (χ0v) is 18.5. The first-order chi connectivity index (χ1) is 16.4. The summed E-state index contributed by atoms with van der Waals surface area (Å²) in [5, 5.41) is 10.6. The molecule has 9 heteroatoms. The van der Waals surface area contributed by atoms with E-state index < -0.39 is 23.8 Å². The number of aliphatic imine (C=N–C) groups is 1. The normalized spacial score (nSPS) is 16.4. The van der Waals surface area contributed by atoms with Crippen molar-refractivity contribution in [3.05, 3.63) is 78.4 Å². The van der Waals surface area contributed by atoms with Gasteiger partial charge in [-0.1, -0.05) is 17.7 Å². The Morgan fingerprint density at radius 3 is 1.97 bits per heavy atom. The number of azo groups is 1. The fourth-order valence-electron chi connectivity index (χ4n) is 3.19. The minimum Gasteiger partial charge on any atom is -0.497 e. The highest BCUT2D eigenvalue weighted by atomic mass is 16.5. The third kappa shape index (κ3) is 5.04. The lowest BCUT2D eigenvalue weighted by Gasteiger charge is -2.28. The molecule has 1 aliphatic heterocycles. The molecule has 4 rings (SSSR count). The second kappa shape index (κ2) is 9.86. The molecule has 170 valence electrons. The van der Waals surface area contributed by atoms with Gasteiger partial charge < -0.3 is 4.74 Å². The smallest absolute Gasteiger partial charge is 0.335 e. The van der Waals surface area contributed by atoms with Gasteiger partial charge in [-0.25, -0.2) is 9.69 Å². The van der Waals surface area contributed by atoms with Gasteiger partial charge in [0.2, 0.25) is 5.91 Å². The van der Waals surface area contributed by atoms with Crippen LogP contribution in [0.4, 0.5) is 27.5 Å². The summed E-state index contributed by atoms with van der Waals surface area (Å²) < 4.78 is 5.09. The van der Waals surface area contributed by atoms with Gasteiger partial charge in [0.15, 0.2) is 5.92 Å². The predicted octanol–water partition coefficient (Wildman–Crippen LogP) is 5.02. The number of carbonyl (C=O) groups is 3. The van der Waals surface area contributed by atoms with E-state index in [9.17, 15) is 14.4 Å². The van der Waals surface area contributed by atoms with Crippen molar-refractivity contribution in [3.63, 3.8) is 0 Å². The molecule has 4 amide bonds. The Labute approximate surface area is 195 Å². The number of rotatable bonds is 6. The first kappa shape index (κ1) is 22.5. The van der Waals surface area contributed by atoms with Crippen LogP contribution >= 0.6 is 0 Å². The molecule has 1 heterocycles. The van der Waals surface area contributed by atoms with Gasteiger partial charge in [-0.05, 0) is 67.6 Å². The molecule has 0 bridgehead atoms. The molecule has 3 aromatic rings. The van der Waals surface area contributed by atoms with Gasteiger partial charge in [-0.15, -0.1) is 0 Å².